The van der Waals surface area contributed by atoms with E-state index in [0.717, 1.165) is 26.2 Å². The average Bonchev–Trinajstić information content (AvgIpc) is 2.43. The van der Waals surface area contributed by atoms with Gasteiger partial charge in [-0.05, 0) is 0 Å². The molecule has 0 spiro atoms. The van der Waals surface area contributed by atoms with E-state index in [1.807, 2.05) is 4.90 Å². The molecule has 0 saturated carbocycles. The lowest BCUT2D eigenvalue weighted by molar-refractivity contribution is 0.197. The summed E-state index contributed by atoms with van der Waals surface area (Å²) in [4.78, 5) is 2.01. The molecule has 1 aliphatic heterocycles. The number of benzene rings is 1. The number of rotatable bonds is 4. The van der Waals surface area contributed by atoms with Crippen LogP contribution in [-0.2, 0) is 0 Å². The summed E-state index contributed by atoms with van der Waals surface area (Å²) >= 11 is 0. The molecular weight excluding hydrogens is 286 g/mol. The third-order valence-electron chi connectivity index (χ3n) is 3.35. The number of piperazine rings is 1. The van der Waals surface area contributed by atoms with Gasteiger partial charge >= 0.3 is 0 Å². The Hall–Kier alpha value is -1.17. The van der Waals surface area contributed by atoms with Crippen molar-refractivity contribution in [2.24, 2.45) is 0 Å². The molecule has 0 unspecified atom stereocenters. The first-order valence-electron chi connectivity index (χ1n) is 6.27. The molecule has 20 heavy (non-hydrogen) atoms. The standard InChI is InChI=1S/C14H18F2N2O.ClH/c1-3-13(18-6-4-17-5-7-18)14-11(15)8-10(19-2)9-12(14)16;/h3,8-9,13,17H,1,4-7H2,2H3;1H/t13-;/m1./s1. The summed E-state index contributed by atoms with van der Waals surface area (Å²) in [5, 5.41) is 3.21. The summed E-state index contributed by atoms with van der Waals surface area (Å²) in [5.74, 6) is -1.01. The fraction of sp³-hybridized carbons (Fsp3) is 0.429. The third kappa shape index (κ3) is 3.48. The molecule has 1 fully saturated rings. The molecular formula is C14H19ClF2N2O. The van der Waals surface area contributed by atoms with Gasteiger partial charge in [-0.25, -0.2) is 8.78 Å². The van der Waals surface area contributed by atoms with Crippen molar-refractivity contribution in [2.45, 2.75) is 6.04 Å². The second-order valence-corrected chi connectivity index (χ2v) is 4.47. The second-order valence-electron chi connectivity index (χ2n) is 4.47. The number of hydrogen-bond acceptors (Lipinski definition) is 3. The third-order valence-corrected chi connectivity index (χ3v) is 3.35. The van der Waals surface area contributed by atoms with Crippen LogP contribution >= 0.6 is 12.4 Å². The van der Waals surface area contributed by atoms with Crippen LogP contribution in [0.1, 0.15) is 11.6 Å². The van der Waals surface area contributed by atoms with E-state index in [1.165, 1.54) is 19.2 Å². The minimum atomic E-state index is -0.597. The Kier molecular flexibility index (Phi) is 6.39. The zero-order chi connectivity index (χ0) is 13.8. The lowest BCUT2D eigenvalue weighted by Gasteiger charge is -2.33. The van der Waals surface area contributed by atoms with Crippen LogP contribution in [0.3, 0.4) is 0 Å². The first kappa shape index (κ1) is 16.9. The van der Waals surface area contributed by atoms with Crippen LogP contribution in [0.25, 0.3) is 0 Å². The number of halogens is 3. The van der Waals surface area contributed by atoms with Crippen molar-refractivity contribution in [3.8, 4) is 5.75 Å². The number of nitrogens with one attached hydrogen (secondary N) is 1. The highest BCUT2D eigenvalue weighted by atomic mass is 35.5. The van der Waals surface area contributed by atoms with Gasteiger partial charge in [0.2, 0.25) is 0 Å². The van der Waals surface area contributed by atoms with Gasteiger partial charge in [0.15, 0.2) is 0 Å². The highest BCUT2D eigenvalue weighted by molar-refractivity contribution is 5.85. The Balaban J connectivity index is 0.00000200. The Morgan fingerprint density at radius 3 is 2.30 bits per heavy atom. The summed E-state index contributed by atoms with van der Waals surface area (Å²) in [6, 6.07) is 1.96. The topological polar surface area (TPSA) is 24.5 Å². The zero-order valence-corrected chi connectivity index (χ0v) is 12.2. The number of ether oxygens (including phenoxy) is 1. The van der Waals surface area contributed by atoms with Crippen molar-refractivity contribution in [3.05, 3.63) is 42.0 Å². The number of nitrogens with zero attached hydrogens (tertiary/aromatic N) is 1. The number of hydrogen-bond donors (Lipinski definition) is 1. The molecule has 1 aromatic carbocycles. The van der Waals surface area contributed by atoms with Crippen molar-refractivity contribution >= 4 is 12.4 Å². The molecule has 1 N–H and O–H groups in total. The van der Waals surface area contributed by atoms with Crippen LogP contribution in [-0.4, -0.2) is 38.2 Å². The zero-order valence-electron chi connectivity index (χ0n) is 11.4. The maximum atomic E-state index is 14.1. The molecule has 1 atom stereocenters. The van der Waals surface area contributed by atoms with Crippen LogP contribution in [0.2, 0.25) is 0 Å². The molecule has 0 amide bonds. The van der Waals surface area contributed by atoms with Crippen molar-refractivity contribution in [1.82, 2.24) is 10.2 Å². The van der Waals surface area contributed by atoms with Crippen molar-refractivity contribution in [3.63, 3.8) is 0 Å². The van der Waals surface area contributed by atoms with E-state index >= 15 is 0 Å². The Morgan fingerprint density at radius 2 is 1.85 bits per heavy atom. The molecule has 0 bridgehead atoms. The van der Waals surface area contributed by atoms with Crippen LogP contribution in [0.5, 0.6) is 5.75 Å². The lowest BCUT2D eigenvalue weighted by Crippen LogP contribution is -2.45. The van der Waals surface area contributed by atoms with Crippen LogP contribution in [0.4, 0.5) is 8.78 Å². The van der Waals surface area contributed by atoms with Crippen LogP contribution < -0.4 is 10.1 Å². The predicted molar refractivity (Wildman–Crippen MR) is 77.5 cm³/mol. The van der Waals surface area contributed by atoms with Crippen LogP contribution in [0.15, 0.2) is 24.8 Å². The van der Waals surface area contributed by atoms with E-state index in [0.29, 0.717) is 0 Å². The monoisotopic (exact) mass is 304 g/mol. The predicted octanol–water partition coefficient (Wildman–Crippen LogP) is 2.53. The molecule has 1 saturated heterocycles. The Labute approximate surface area is 124 Å². The molecule has 112 valence electrons. The van der Waals surface area contributed by atoms with Gasteiger partial charge in [0.1, 0.15) is 17.4 Å². The number of methoxy groups -OCH3 is 1. The largest absolute Gasteiger partial charge is 0.497 e. The van der Waals surface area contributed by atoms with E-state index in [4.69, 9.17) is 4.74 Å². The van der Waals surface area contributed by atoms with E-state index in [2.05, 4.69) is 11.9 Å². The van der Waals surface area contributed by atoms with Gasteiger partial charge in [0.05, 0.1) is 13.2 Å². The summed E-state index contributed by atoms with van der Waals surface area (Å²) in [5.41, 5.74) is 0.0395. The maximum Gasteiger partial charge on any atom is 0.134 e. The van der Waals surface area contributed by atoms with Gasteiger partial charge in [-0.3, -0.25) is 4.90 Å². The lowest BCUT2D eigenvalue weighted by atomic mass is 10.0. The van der Waals surface area contributed by atoms with Crippen molar-refractivity contribution in [1.29, 1.82) is 0 Å². The molecule has 2 rings (SSSR count). The van der Waals surface area contributed by atoms with Gasteiger partial charge in [-0.1, -0.05) is 6.08 Å². The van der Waals surface area contributed by atoms with Gasteiger partial charge in [0, 0.05) is 43.9 Å². The molecule has 0 radical (unpaired) electrons. The van der Waals surface area contributed by atoms with Crippen LogP contribution in [0, 0.1) is 11.6 Å². The molecule has 1 aliphatic rings. The summed E-state index contributed by atoms with van der Waals surface area (Å²) in [6.07, 6.45) is 1.58. The molecule has 1 heterocycles. The van der Waals surface area contributed by atoms with E-state index < -0.39 is 17.7 Å². The van der Waals surface area contributed by atoms with Crippen molar-refractivity contribution in [2.75, 3.05) is 33.3 Å². The van der Waals surface area contributed by atoms with Gasteiger partial charge in [-0.15, -0.1) is 19.0 Å². The minimum absolute atomic E-state index is 0. The summed E-state index contributed by atoms with van der Waals surface area (Å²) < 4.78 is 33.0. The normalized spacial score (nSPS) is 17.1. The van der Waals surface area contributed by atoms with E-state index in [9.17, 15) is 8.78 Å². The second kappa shape index (κ2) is 7.57. The molecule has 1 aromatic rings. The van der Waals surface area contributed by atoms with E-state index in [-0.39, 0.29) is 23.7 Å². The van der Waals surface area contributed by atoms with Gasteiger partial charge in [-0.2, -0.15) is 0 Å². The Bertz CT molecular complexity index is 441. The quantitative estimate of drug-likeness (QED) is 0.865. The first-order valence-corrected chi connectivity index (χ1v) is 6.27. The SMILES string of the molecule is C=C[C@H](c1c(F)cc(OC)cc1F)N1CCNCC1.Cl. The molecule has 6 heteroatoms. The Morgan fingerprint density at radius 1 is 1.30 bits per heavy atom. The highest BCUT2D eigenvalue weighted by Crippen LogP contribution is 2.30. The fourth-order valence-electron chi connectivity index (χ4n) is 2.37. The fourth-order valence-corrected chi connectivity index (χ4v) is 2.37. The summed E-state index contributed by atoms with van der Waals surface area (Å²) in [6.45, 7) is 6.80. The highest BCUT2D eigenvalue weighted by Gasteiger charge is 2.25. The average molecular weight is 305 g/mol. The molecule has 0 aliphatic carbocycles. The molecule has 3 nitrogen and oxygen atoms in total. The van der Waals surface area contributed by atoms with Crippen molar-refractivity contribution < 1.29 is 13.5 Å². The van der Waals surface area contributed by atoms with Gasteiger partial charge < -0.3 is 10.1 Å². The summed E-state index contributed by atoms with van der Waals surface area (Å²) in [7, 11) is 1.38. The smallest absolute Gasteiger partial charge is 0.134 e. The van der Waals surface area contributed by atoms with E-state index in [1.54, 1.807) is 6.08 Å². The maximum absolute atomic E-state index is 14.1. The minimum Gasteiger partial charge on any atom is -0.497 e. The van der Waals surface area contributed by atoms with Gasteiger partial charge in [0.25, 0.3) is 0 Å². The molecule has 0 aromatic heterocycles. The first-order chi connectivity index (χ1) is 9.17.